The molecule has 0 fully saturated rings. The predicted octanol–water partition coefficient (Wildman–Crippen LogP) is 2.52. The van der Waals surface area contributed by atoms with Gasteiger partial charge in [0, 0.05) is 25.0 Å². The van der Waals surface area contributed by atoms with Crippen LogP contribution in [-0.2, 0) is 38.9 Å². The van der Waals surface area contributed by atoms with Gasteiger partial charge in [-0.1, -0.05) is 69.2 Å². The summed E-state index contributed by atoms with van der Waals surface area (Å²) in [5, 5.41) is 23.4. The van der Waals surface area contributed by atoms with Gasteiger partial charge < -0.3 is 40.7 Å². The van der Waals surface area contributed by atoms with E-state index in [1.807, 2.05) is 83.3 Å². The first-order valence-corrected chi connectivity index (χ1v) is 21.7. The highest BCUT2D eigenvalue weighted by Crippen LogP contribution is 2.14. The molecule has 6 N–H and O–H groups in total. The fourth-order valence-corrected chi connectivity index (χ4v) is 6.79. The monoisotopic (exact) mass is 819 g/mol. The van der Waals surface area contributed by atoms with Gasteiger partial charge in [0.1, 0.15) is 30.2 Å². The van der Waals surface area contributed by atoms with Crippen molar-refractivity contribution >= 4 is 45.6 Å². The molecule has 0 aromatic rings. The van der Waals surface area contributed by atoms with Crippen molar-refractivity contribution < 1.29 is 51.3 Å². The number of quaternary nitrogens is 1. The molecule has 5 amide bonds. The van der Waals surface area contributed by atoms with E-state index in [9.17, 15) is 46.8 Å². The highest BCUT2D eigenvalue weighted by molar-refractivity contribution is 7.85. The van der Waals surface area contributed by atoms with Crippen LogP contribution in [0.3, 0.4) is 0 Å². The molecule has 0 aliphatic heterocycles. The van der Waals surface area contributed by atoms with Gasteiger partial charge in [0.05, 0.1) is 37.3 Å². The molecular formula is C39H74N6O10S. The number of hydrogen-bond donors (Lipinski definition) is 6. The number of carbonyl (C=O) groups is 6. The molecule has 0 heterocycles. The Hall–Kier alpha value is -3.31. The minimum atomic E-state index is -4.30. The molecule has 0 spiro atoms. The molecule has 0 aromatic heterocycles. The molecule has 56 heavy (non-hydrogen) atoms. The van der Waals surface area contributed by atoms with Crippen LogP contribution in [-0.4, -0.2) is 121 Å². The number of hydrogen-bond acceptors (Lipinski definition) is 9. The van der Waals surface area contributed by atoms with Gasteiger partial charge >= 0.3 is 5.97 Å². The fourth-order valence-electron chi connectivity index (χ4n) is 6.31. The number of nitrogens with zero attached hydrogens (tertiary/aromatic N) is 1. The summed E-state index contributed by atoms with van der Waals surface area (Å²) in [4.78, 5) is 79.6. The van der Waals surface area contributed by atoms with E-state index in [0.717, 1.165) is 0 Å². The molecule has 0 rings (SSSR count). The number of carboxylic acid groups (broad SMARTS) is 1. The van der Waals surface area contributed by atoms with Crippen LogP contribution in [0.2, 0.25) is 0 Å². The Bertz CT molecular complexity index is 1380. The zero-order valence-corrected chi connectivity index (χ0v) is 36.8. The lowest BCUT2D eigenvalue weighted by atomic mass is 9.97. The van der Waals surface area contributed by atoms with E-state index < -0.39 is 75.7 Å². The average Bonchev–Trinajstić information content (AvgIpc) is 3.00. The predicted molar refractivity (Wildman–Crippen MR) is 215 cm³/mol. The first-order chi connectivity index (χ1) is 25.6. The largest absolute Gasteiger partial charge is 0.748 e. The van der Waals surface area contributed by atoms with Gasteiger partial charge in [-0.25, -0.2) is 13.2 Å². The summed E-state index contributed by atoms with van der Waals surface area (Å²) in [7, 11) is -0.540. The zero-order valence-electron chi connectivity index (χ0n) is 36.0. The summed E-state index contributed by atoms with van der Waals surface area (Å²) in [6, 6.07) is -5.24. The van der Waals surface area contributed by atoms with E-state index in [-0.39, 0.29) is 74.0 Å². The first kappa shape index (κ1) is 52.7. The van der Waals surface area contributed by atoms with Gasteiger partial charge in [-0.3, -0.25) is 24.0 Å². The van der Waals surface area contributed by atoms with Crippen molar-refractivity contribution in [2.75, 3.05) is 32.9 Å². The van der Waals surface area contributed by atoms with Crippen LogP contribution in [0.25, 0.3) is 0 Å². The van der Waals surface area contributed by atoms with Crippen LogP contribution < -0.4 is 26.6 Å². The second-order valence-electron chi connectivity index (χ2n) is 18.0. The standard InChI is InChI=1S/C39H74N6O10S/c1-24(2)19-29(40-34(46)15-13-16-45(11,12)17-14-18-56(53,54)55)35(47)41-30(20-25(3)4)36(48)42-31(21-26(5)6)37(49)43-32(22-27(7)8)38(50)44-33(39(51)52)23-28(9)10/h24-33H,13-23H2,1-12H3,(H6-,40,41,42,43,44,46,47,48,49,50,51,52,53,54,55)/t29-,30-,31-,32-,33-/m0/s1. The highest BCUT2D eigenvalue weighted by atomic mass is 32.2. The normalized spacial score (nSPS) is 15.0. The van der Waals surface area contributed by atoms with Crippen LogP contribution in [0.5, 0.6) is 0 Å². The van der Waals surface area contributed by atoms with Gasteiger partial charge in [-0.2, -0.15) is 0 Å². The minimum absolute atomic E-state index is 0.00165. The van der Waals surface area contributed by atoms with E-state index in [2.05, 4.69) is 26.6 Å². The lowest BCUT2D eigenvalue weighted by Crippen LogP contribution is -2.59. The Morgan fingerprint density at radius 1 is 0.518 bits per heavy atom. The van der Waals surface area contributed by atoms with Crippen LogP contribution in [0.4, 0.5) is 0 Å². The molecule has 0 unspecified atom stereocenters. The molecule has 5 atom stereocenters. The Kier molecular flexibility index (Phi) is 23.7. The molecule has 0 aliphatic carbocycles. The Balaban J connectivity index is 5.96. The minimum Gasteiger partial charge on any atom is -0.748 e. The van der Waals surface area contributed by atoms with Crippen molar-refractivity contribution in [1.82, 2.24) is 26.6 Å². The molecule has 0 saturated carbocycles. The van der Waals surface area contributed by atoms with Crippen molar-refractivity contribution in [2.45, 2.75) is 151 Å². The molecule has 0 aliphatic rings. The van der Waals surface area contributed by atoms with Crippen LogP contribution in [0, 0.1) is 29.6 Å². The number of carboxylic acids is 1. The average molecular weight is 819 g/mol. The number of rotatable bonds is 28. The van der Waals surface area contributed by atoms with Crippen LogP contribution in [0.15, 0.2) is 0 Å². The van der Waals surface area contributed by atoms with E-state index in [0.29, 0.717) is 30.4 Å². The highest BCUT2D eigenvalue weighted by Gasteiger charge is 2.33. The van der Waals surface area contributed by atoms with Gasteiger partial charge in [-0.05, 0) is 61.7 Å². The maximum atomic E-state index is 13.9. The summed E-state index contributed by atoms with van der Waals surface area (Å²) < 4.78 is 33.3. The maximum Gasteiger partial charge on any atom is 0.326 e. The molecular weight excluding hydrogens is 745 g/mol. The van der Waals surface area contributed by atoms with Gasteiger partial charge in [0.15, 0.2) is 0 Å². The fraction of sp³-hybridized carbons (Fsp3) is 0.846. The number of amides is 5. The lowest BCUT2D eigenvalue weighted by Gasteiger charge is -2.30. The van der Waals surface area contributed by atoms with Crippen molar-refractivity contribution in [3.05, 3.63) is 0 Å². The molecule has 0 bridgehead atoms. The van der Waals surface area contributed by atoms with E-state index in [1.54, 1.807) is 0 Å². The summed E-state index contributed by atoms with van der Waals surface area (Å²) in [5.74, 6) is -4.47. The molecule has 0 aromatic carbocycles. The quantitative estimate of drug-likeness (QED) is 0.0498. The third kappa shape index (κ3) is 24.4. The smallest absolute Gasteiger partial charge is 0.326 e. The maximum absolute atomic E-state index is 13.9. The second-order valence-corrected chi connectivity index (χ2v) is 19.5. The first-order valence-electron chi connectivity index (χ1n) is 20.1. The van der Waals surface area contributed by atoms with E-state index in [1.165, 1.54) is 0 Å². The van der Waals surface area contributed by atoms with Crippen LogP contribution in [0.1, 0.15) is 121 Å². The summed E-state index contributed by atoms with van der Waals surface area (Å²) in [6.45, 7) is 19.7. The molecule has 326 valence electrons. The lowest BCUT2D eigenvalue weighted by molar-refractivity contribution is -0.890. The third-order valence-electron chi connectivity index (χ3n) is 9.03. The molecule has 0 saturated heterocycles. The van der Waals surface area contributed by atoms with Crippen LogP contribution >= 0.6 is 0 Å². The topological polar surface area (TPSA) is 240 Å². The number of nitrogens with one attached hydrogen (secondary N) is 5. The van der Waals surface area contributed by atoms with Crippen molar-refractivity contribution in [3.8, 4) is 0 Å². The van der Waals surface area contributed by atoms with Gasteiger partial charge in [0.2, 0.25) is 29.5 Å². The second kappa shape index (κ2) is 25.1. The SMILES string of the molecule is CC(C)C[C@H](NC(=O)[C@H](CC(C)C)NC(=O)[C@H](CC(C)C)NC(=O)[C@H](CC(C)C)NC(=O)[C@H](CC(C)C)NC(=O)CCC[N+](C)(C)CCCS(=O)(=O)[O-])C(=O)O. The van der Waals surface area contributed by atoms with Gasteiger partial charge in [-0.15, -0.1) is 0 Å². The summed E-state index contributed by atoms with van der Waals surface area (Å²) in [5.41, 5.74) is 0. The third-order valence-corrected chi connectivity index (χ3v) is 9.81. The molecule has 16 nitrogen and oxygen atoms in total. The summed E-state index contributed by atoms with van der Waals surface area (Å²) in [6.07, 6.45) is 1.97. The van der Waals surface area contributed by atoms with Crippen molar-refractivity contribution in [1.29, 1.82) is 0 Å². The molecule has 0 radical (unpaired) electrons. The Morgan fingerprint density at radius 2 is 0.804 bits per heavy atom. The molecule has 17 heteroatoms. The number of carbonyl (C=O) groups excluding carboxylic acids is 5. The van der Waals surface area contributed by atoms with Crippen molar-refractivity contribution in [3.63, 3.8) is 0 Å². The number of aliphatic carboxylic acids is 1. The van der Waals surface area contributed by atoms with E-state index >= 15 is 0 Å². The summed E-state index contributed by atoms with van der Waals surface area (Å²) >= 11 is 0. The van der Waals surface area contributed by atoms with Crippen molar-refractivity contribution in [2.24, 2.45) is 29.6 Å². The van der Waals surface area contributed by atoms with E-state index in [4.69, 9.17) is 0 Å². The Labute approximate surface area is 336 Å². The Morgan fingerprint density at radius 3 is 1.11 bits per heavy atom. The zero-order chi connectivity index (χ0) is 43.6. The van der Waals surface area contributed by atoms with Gasteiger partial charge in [0.25, 0.3) is 0 Å².